The van der Waals surface area contributed by atoms with E-state index in [2.05, 4.69) is 5.32 Å². The van der Waals surface area contributed by atoms with Crippen molar-refractivity contribution in [3.63, 3.8) is 0 Å². The molecule has 0 spiro atoms. The number of carbonyl (C=O) groups is 3. The van der Waals surface area contributed by atoms with Crippen molar-refractivity contribution in [1.29, 1.82) is 0 Å². The van der Waals surface area contributed by atoms with Crippen LogP contribution in [0.25, 0.3) is 0 Å². The average Bonchev–Trinajstić information content (AvgIpc) is 2.68. The summed E-state index contributed by atoms with van der Waals surface area (Å²) in [6, 6.07) is 5.56. The lowest BCUT2D eigenvalue weighted by Crippen LogP contribution is -2.48. The second-order valence-electron chi connectivity index (χ2n) is 4.22. The van der Waals surface area contributed by atoms with E-state index >= 15 is 0 Å². The third kappa shape index (κ3) is 2.22. The minimum absolute atomic E-state index is 0.0896. The first-order valence-electron chi connectivity index (χ1n) is 5.93. The Bertz CT molecular complexity index is 506. The molecule has 1 aromatic rings. The van der Waals surface area contributed by atoms with Gasteiger partial charge in [-0.15, -0.1) is 0 Å². The zero-order chi connectivity index (χ0) is 14.0. The first kappa shape index (κ1) is 13.2. The van der Waals surface area contributed by atoms with E-state index in [1.807, 2.05) is 0 Å². The van der Waals surface area contributed by atoms with Gasteiger partial charge < -0.3 is 10.4 Å². The Balaban J connectivity index is 2.22. The summed E-state index contributed by atoms with van der Waals surface area (Å²) in [5, 5.41) is 11.1. The van der Waals surface area contributed by atoms with Crippen molar-refractivity contribution in [3.05, 3.63) is 35.4 Å². The molecule has 1 atom stereocenters. The largest absolute Gasteiger partial charge is 0.395 e. The van der Waals surface area contributed by atoms with Gasteiger partial charge in [0.25, 0.3) is 11.8 Å². The molecular weight excluding hydrogens is 248 g/mol. The maximum atomic E-state index is 12.1. The van der Waals surface area contributed by atoms with Gasteiger partial charge in [-0.1, -0.05) is 12.1 Å². The number of hydrogen-bond acceptors (Lipinski definition) is 4. The second-order valence-corrected chi connectivity index (χ2v) is 4.22. The van der Waals surface area contributed by atoms with Gasteiger partial charge in [-0.05, 0) is 19.1 Å². The number of benzene rings is 1. The quantitative estimate of drug-likeness (QED) is 0.734. The Morgan fingerprint density at radius 3 is 2.26 bits per heavy atom. The number of carbonyl (C=O) groups excluding carboxylic acids is 3. The van der Waals surface area contributed by atoms with Crippen LogP contribution in [0.4, 0.5) is 0 Å². The summed E-state index contributed by atoms with van der Waals surface area (Å²) in [4.78, 5) is 36.9. The standard InChI is InChI=1S/C13H14N2O4/c1-8(11(17)14-6-7-16)15-12(18)9-4-2-3-5-10(9)13(15)19/h2-5,8,16H,6-7H2,1H3,(H,14,17)/t8-/m0/s1. The Morgan fingerprint density at radius 1 is 1.26 bits per heavy atom. The molecule has 100 valence electrons. The van der Waals surface area contributed by atoms with Gasteiger partial charge in [0.15, 0.2) is 0 Å². The van der Waals surface area contributed by atoms with Crippen LogP contribution in [-0.2, 0) is 4.79 Å². The number of hydrogen-bond donors (Lipinski definition) is 2. The van der Waals surface area contributed by atoms with Gasteiger partial charge in [0, 0.05) is 6.54 Å². The molecule has 19 heavy (non-hydrogen) atoms. The fraction of sp³-hybridized carbons (Fsp3) is 0.308. The number of aliphatic hydroxyl groups is 1. The summed E-state index contributed by atoms with van der Waals surface area (Å²) in [6.45, 7) is 1.38. The van der Waals surface area contributed by atoms with Crippen LogP contribution in [-0.4, -0.2) is 46.9 Å². The van der Waals surface area contributed by atoms with E-state index < -0.39 is 23.8 Å². The van der Waals surface area contributed by atoms with E-state index in [-0.39, 0.29) is 13.2 Å². The van der Waals surface area contributed by atoms with E-state index in [9.17, 15) is 14.4 Å². The van der Waals surface area contributed by atoms with Crippen LogP contribution in [0.1, 0.15) is 27.6 Å². The number of nitrogens with zero attached hydrogens (tertiary/aromatic N) is 1. The molecule has 0 bridgehead atoms. The Labute approximate surface area is 110 Å². The normalized spacial score (nSPS) is 15.4. The number of aliphatic hydroxyl groups excluding tert-OH is 1. The van der Waals surface area contributed by atoms with Crippen LogP contribution < -0.4 is 5.32 Å². The number of amides is 3. The van der Waals surface area contributed by atoms with Crippen LogP contribution in [0, 0.1) is 0 Å². The minimum atomic E-state index is -0.904. The fourth-order valence-corrected chi connectivity index (χ4v) is 2.00. The van der Waals surface area contributed by atoms with Gasteiger partial charge in [0.1, 0.15) is 6.04 Å². The highest BCUT2D eigenvalue weighted by atomic mass is 16.3. The highest BCUT2D eigenvalue weighted by molar-refractivity contribution is 6.22. The Hall–Kier alpha value is -2.21. The van der Waals surface area contributed by atoms with Gasteiger partial charge in [0.05, 0.1) is 17.7 Å². The molecule has 1 aliphatic rings. The van der Waals surface area contributed by atoms with Crippen molar-refractivity contribution < 1.29 is 19.5 Å². The molecule has 0 radical (unpaired) electrons. The third-order valence-corrected chi connectivity index (χ3v) is 3.00. The van der Waals surface area contributed by atoms with Gasteiger partial charge >= 0.3 is 0 Å². The van der Waals surface area contributed by atoms with Crippen molar-refractivity contribution >= 4 is 17.7 Å². The molecule has 0 saturated heterocycles. The molecule has 2 rings (SSSR count). The lowest BCUT2D eigenvalue weighted by molar-refractivity contribution is -0.124. The maximum absolute atomic E-state index is 12.1. The third-order valence-electron chi connectivity index (χ3n) is 3.00. The summed E-state index contributed by atoms with van der Waals surface area (Å²) < 4.78 is 0. The summed E-state index contributed by atoms with van der Waals surface area (Å²) in [6.07, 6.45) is 0. The SMILES string of the molecule is C[C@@H](C(=O)NCCO)N1C(=O)c2ccccc2C1=O. The molecule has 6 nitrogen and oxygen atoms in total. The van der Waals surface area contributed by atoms with Gasteiger partial charge in [0.2, 0.25) is 5.91 Å². The Morgan fingerprint density at radius 2 is 1.79 bits per heavy atom. The molecule has 6 heteroatoms. The predicted octanol–water partition coefficient (Wildman–Crippen LogP) is -0.220. The molecule has 2 N–H and O–H groups in total. The fourth-order valence-electron chi connectivity index (χ4n) is 2.00. The zero-order valence-electron chi connectivity index (χ0n) is 10.4. The van der Waals surface area contributed by atoms with Crippen LogP contribution in [0.3, 0.4) is 0 Å². The van der Waals surface area contributed by atoms with E-state index in [1.165, 1.54) is 6.92 Å². The smallest absolute Gasteiger partial charge is 0.262 e. The van der Waals surface area contributed by atoms with Crippen molar-refractivity contribution in [3.8, 4) is 0 Å². The first-order chi connectivity index (χ1) is 9.07. The zero-order valence-corrected chi connectivity index (χ0v) is 10.4. The van der Waals surface area contributed by atoms with Gasteiger partial charge in [-0.25, -0.2) is 0 Å². The van der Waals surface area contributed by atoms with Gasteiger partial charge in [-0.2, -0.15) is 0 Å². The summed E-state index contributed by atoms with van der Waals surface area (Å²) >= 11 is 0. The Kier molecular flexibility index (Phi) is 3.62. The van der Waals surface area contributed by atoms with Crippen molar-refractivity contribution in [2.24, 2.45) is 0 Å². The van der Waals surface area contributed by atoms with Crippen LogP contribution in [0.5, 0.6) is 0 Å². The second kappa shape index (κ2) is 5.19. The molecule has 0 saturated carbocycles. The minimum Gasteiger partial charge on any atom is -0.395 e. The maximum Gasteiger partial charge on any atom is 0.262 e. The van der Waals surface area contributed by atoms with E-state index in [0.717, 1.165) is 4.90 Å². The van der Waals surface area contributed by atoms with Gasteiger partial charge in [-0.3, -0.25) is 19.3 Å². The highest BCUT2D eigenvalue weighted by Gasteiger charge is 2.40. The molecular formula is C13H14N2O4. The summed E-state index contributed by atoms with van der Waals surface area (Å²) in [5.41, 5.74) is 0.628. The molecule has 0 unspecified atom stereocenters. The van der Waals surface area contributed by atoms with E-state index in [1.54, 1.807) is 24.3 Å². The van der Waals surface area contributed by atoms with Crippen molar-refractivity contribution in [2.75, 3.05) is 13.2 Å². The molecule has 3 amide bonds. The molecule has 0 aliphatic carbocycles. The monoisotopic (exact) mass is 262 g/mol. The molecule has 1 heterocycles. The van der Waals surface area contributed by atoms with Crippen LogP contribution >= 0.6 is 0 Å². The van der Waals surface area contributed by atoms with Crippen molar-refractivity contribution in [1.82, 2.24) is 10.2 Å². The topological polar surface area (TPSA) is 86.7 Å². The lowest BCUT2D eigenvalue weighted by Gasteiger charge is -2.21. The number of imide groups is 1. The number of nitrogens with one attached hydrogen (secondary N) is 1. The van der Waals surface area contributed by atoms with E-state index in [4.69, 9.17) is 5.11 Å². The van der Waals surface area contributed by atoms with Crippen LogP contribution in [0.2, 0.25) is 0 Å². The average molecular weight is 262 g/mol. The molecule has 1 aliphatic heterocycles. The number of fused-ring (bicyclic) bond motifs is 1. The highest BCUT2D eigenvalue weighted by Crippen LogP contribution is 2.24. The van der Waals surface area contributed by atoms with E-state index in [0.29, 0.717) is 11.1 Å². The molecule has 0 fully saturated rings. The summed E-state index contributed by atoms with van der Waals surface area (Å²) in [7, 11) is 0. The lowest BCUT2D eigenvalue weighted by atomic mass is 10.1. The van der Waals surface area contributed by atoms with Crippen LogP contribution in [0.15, 0.2) is 24.3 Å². The van der Waals surface area contributed by atoms with Crippen molar-refractivity contribution in [2.45, 2.75) is 13.0 Å². The molecule has 1 aromatic carbocycles. The number of rotatable bonds is 4. The summed E-state index contributed by atoms with van der Waals surface area (Å²) in [5.74, 6) is -1.40. The predicted molar refractivity (Wildman–Crippen MR) is 66.5 cm³/mol. The first-order valence-corrected chi connectivity index (χ1v) is 5.93. The molecule has 0 aromatic heterocycles.